The van der Waals surface area contributed by atoms with E-state index in [1.807, 2.05) is 0 Å². The van der Waals surface area contributed by atoms with Gasteiger partial charge >= 0.3 is 0 Å². The number of hydrogen-bond donors (Lipinski definition) is 1. The molecule has 0 amide bonds. The van der Waals surface area contributed by atoms with Crippen LogP contribution in [0.2, 0.25) is 0 Å². The Morgan fingerprint density at radius 2 is 1.77 bits per heavy atom. The highest BCUT2D eigenvalue weighted by Gasteiger charge is 2.27. The van der Waals surface area contributed by atoms with Gasteiger partial charge in [-0.1, -0.05) is 6.42 Å². The third-order valence-electron chi connectivity index (χ3n) is 3.64. The summed E-state index contributed by atoms with van der Waals surface area (Å²) in [5, 5.41) is 0. The van der Waals surface area contributed by atoms with Gasteiger partial charge < -0.3 is 10.6 Å². The predicted molar refractivity (Wildman–Crippen MR) is 55.5 cm³/mol. The van der Waals surface area contributed by atoms with Crippen LogP contribution in [0.25, 0.3) is 0 Å². The maximum atomic E-state index is 5.76. The lowest BCUT2D eigenvalue weighted by Gasteiger charge is -2.37. The number of nitrogens with two attached hydrogens (primary N) is 1. The smallest absolute Gasteiger partial charge is 0.00450 e. The molecule has 2 nitrogen and oxygen atoms in total. The Hall–Kier alpha value is -0.0800. The summed E-state index contributed by atoms with van der Waals surface area (Å²) in [6, 6.07) is 0.516. The summed E-state index contributed by atoms with van der Waals surface area (Å²) in [6.45, 7) is 2.61. The van der Waals surface area contributed by atoms with Crippen LogP contribution in [0.1, 0.15) is 32.1 Å². The Kier molecular flexibility index (Phi) is 2.89. The molecule has 0 aromatic heterocycles. The fraction of sp³-hybridized carbons (Fsp3) is 1.00. The minimum atomic E-state index is 0.516. The van der Waals surface area contributed by atoms with E-state index in [0.29, 0.717) is 6.04 Å². The standard InChI is InChI=1S/C11H22N2/c1-13(7-9-3-2-4-9)8-10-5-11(12)6-10/h9-11H,2-8,12H2,1H3. The summed E-state index contributed by atoms with van der Waals surface area (Å²) in [6.07, 6.45) is 6.92. The Morgan fingerprint density at radius 1 is 1.15 bits per heavy atom. The molecule has 2 rings (SSSR count). The van der Waals surface area contributed by atoms with E-state index in [1.165, 1.54) is 45.2 Å². The SMILES string of the molecule is CN(CC1CCC1)CC1CC(N)C1. The van der Waals surface area contributed by atoms with Crippen LogP contribution >= 0.6 is 0 Å². The summed E-state index contributed by atoms with van der Waals surface area (Å²) < 4.78 is 0. The average molecular weight is 182 g/mol. The van der Waals surface area contributed by atoms with Crippen LogP contribution in [-0.4, -0.2) is 31.1 Å². The first-order valence-electron chi connectivity index (χ1n) is 5.68. The first kappa shape index (κ1) is 9.47. The zero-order chi connectivity index (χ0) is 9.26. The van der Waals surface area contributed by atoms with Gasteiger partial charge in [-0.25, -0.2) is 0 Å². The van der Waals surface area contributed by atoms with E-state index in [9.17, 15) is 0 Å². The van der Waals surface area contributed by atoms with Gasteiger partial charge in [-0.3, -0.25) is 0 Å². The van der Waals surface area contributed by atoms with Crippen LogP contribution < -0.4 is 5.73 Å². The van der Waals surface area contributed by atoms with Crippen LogP contribution in [0, 0.1) is 11.8 Å². The van der Waals surface area contributed by atoms with E-state index in [4.69, 9.17) is 5.73 Å². The van der Waals surface area contributed by atoms with Crippen LogP contribution in [0.3, 0.4) is 0 Å². The molecule has 0 aromatic carbocycles. The fourth-order valence-electron chi connectivity index (χ4n) is 2.57. The lowest BCUT2D eigenvalue weighted by atomic mass is 9.80. The van der Waals surface area contributed by atoms with Crippen LogP contribution in [0.4, 0.5) is 0 Å². The Morgan fingerprint density at radius 3 is 2.23 bits per heavy atom. The van der Waals surface area contributed by atoms with Crippen molar-refractivity contribution in [1.82, 2.24) is 4.90 Å². The highest BCUT2D eigenvalue weighted by atomic mass is 15.1. The molecule has 0 radical (unpaired) electrons. The largest absolute Gasteiger partial charge is 0.328 e. The first-order chi connectivity index (χ1) is 6.24. The second-order valence-electron chi connectivity index (χ2n) is 5.12. The summed E-state index contributed by atoms with van der Waals surface area (Å²) in [4.78, 5) is 2.51. The Bertz CT molecular complexity index is 159. The molecule has 2 saturated carbocycles. The minimum Gasteiger partial charge on any atom is -0.328 e. The van der Waals surface area contributed by atoms with Crippen LogP contribution in [-0.2, 0) is 0 Å². The van der Waals surface area contributed by atoms with Gasteiger partial charge in [0.15, 0.2) is 0 Å². The van der Waals surface area contributed by atoms with Gasteiger partial charge in [0.25, 0.3) is 0 Å². The molecule has 2 N–H and O–H groups in total. The van der Waals surface area contributed by atoms with Crippen molar-refractivity contribution in [2.24, 2.45) is 17.6 Å². The normalized spacial score (nSPS) is 34.4. The van der Waals surface area contributed by atoms with Gasteiger partial charge in [0, 0.05) is 19.1 Å². The predicted octanol–water partition coefficient (Wildman–Crippen LogP) is 1.46. The number of rotatable bonds is 4. The zero-order valence-electron chi connectivity index (χ0n) is 8.71. The van der Waals surface area contributed by atoms with E-state index in [0.717, 1.165) is 11.8 Å². The lowest BCUT2D eigenvalue weighted by Crippen LogP contribution is -2.43. The fourth-order valence-corrected chi connectivity index (χ4v) is 2.57. The molecule has 0 aliphatic heterocycles. The maximum absolute atomic E-state index is 5.76. The van der Waals surface area contributed by atoms with Gasteiger partial charge in [-0.05, 0) is 44.6 Å². The second kappa shape index (κ2) is 3.97. The molecule has 0 spiro atoms. The molecule has 0 bridgehead atoms. The summed E-state index contributed by atoms with van der Waals surface area (Å²) in [5.41, 5.74) is 5.76. The molecule has 0 saturated heterocycles. The van der Waals surface area contributed by atoms with Crippen molar-refractivity contribution >= 4 is 0 Å². The highest BCUT2D eigenvalue weighted by Crippen LogP contribution is 2.29. The van der Waals surface area contributed by atoms with Gasteiger partial charge in [-0.2, -0.15) is 0 Å². The van der Waals surface area contributed by atoms with E-state index in [-0.39, 0.29) is 0 Å². The topological polar surface area (TPSA) is 29.3 Å². The molecule has 0 heterocycles. The molecule has 2 aliphatic carbocycles. The van der Waals surface area contributed by atoms with Crippen molar-refractivity contribution in [3.05, 3.63) is 0 Å². The van der Waals surface area contributed by atoms with Crippen molar-refractivity contribution in [2.45, 2.75) is 38.1 Å². The molecule has 76 valence electrons. The van der Waals surface area contributed by atoms with Crippen molar-refractivity contribution < 1.29 is 0 Å². The number of nitrogens with zero attached hydrogens (tertiary/aromatic N) is 1. The summed E-state index contributed by atoms with van der Waals surface area (Å²) >= 11 is 0. The molecule has 2 heteroatoms. The van der Waals surface area contributed by atoms with Crippen molar-refractivity contribution in [3.63, 3.8) is 0 Å². The minimum absolute atomic E-state index is 0.516. The summed E-state index contributed by atoms with van der Waals surface area (Å²) in [5.74, 6) is 1.92. The van der Waals surface area contributed by atoms with Gasteiger partial charge in [-0.15, -0.1) is 0 Å². The molecule has 2 aliphatic rings. The molecule has 0 aromatic rings. The second-order valence-corrected chi connectivity index (χ2v) is 5.12. The first-order valence-corrected chi connectivity index (χ1v) is 5.68. The molecule has 0 atom stereocenters. The summed E-state index contributed by atoms with van der Waals surface area (Å²) in [7, 11) is 2.27. The van der Waals surface area contributed by atoms with E-state index < -0.39 is 0 Å². The lowest BCUT2D eigenvalue weighted by molar-refractivity contribution is 0.144. The van der Waals surface area contributed by atoms with E-state index in [2.05, 4.69) is 11.9 Å². The Labute approximate surface area is 81.5 Å². The van der Waals surface area contributed by atoms with Gasteiger partial charge in [0.2, 0.25) is 0 Å². The molecule has 0 unspecified atom stereocenters. The maximum Gasteiger partial charge on any atom is 0.00450 e. The zero-order valence-corrected chi connectivity index (χ0v) is 8.71. The molecular formula is C11H22N2. The quantitative estimate of drug-likeness (QED) is 0.713. The number of hydrogen-bond acceptors (Lipinski definition) is 2. The van der Waals surface area contributed by atoms with Crippen LogP contribution in [0.5, 0.6) is 0 Å². The van der Waals surface area contributed by atoms with Gasteiger partial charge in [0.05, 0.1) is 0 Å². The van der Waals surface area contributed by atoms with Crippen molar-refractivity contribution in [3.8, 4) is 0 Å². The third-order valence-corrected chi connectivity index (χ3v) is 3.64. The monoisotopic (exact) mass is 182 g/mol. The van der Waals surface area contributed by atoms with E-state index in [1.54, 1.807) is 0 Å². The average Bonchev–Trinajstić information content (AvgIpc) is 1.94. The van der Waals surface area contributed by atoms with Crippen molar-refractivity contribution in [2.75, 3.05) is 20.1 Å². The Balaban J connectivity index is 1.58. The van der Waals surface area contributed by atoms with Crippen molar-refractivity contribution in [1.29, 1.82) is 0 Å². The molecule has 2 fully saturated rings. The molecule has 13 heavy (non-hydrogen) atoms. The third kappa shape index (κ3) is 2.44. The van der Waals surface area contributed by atoms with Gasteiger partial charge in [0.1, 0.15) is 0 Å². The van der Waals surface area contributed by atoms with Crippen LogP contribution in [0.15, 0.2) is 0 Å². The molecular weight excluding hydrogens is 160 g/mol. The van der Waals surface area contributed by atoms with E-state index >= 15 is 0 Å². The highest BCUT2D eigenvalue weighted by molar-refractivity contribution is 4.84.